The standard InChI is InChI=1S/C9H20N6S/c1-9(2,3)16-6-7(11-10)5-8-12-14-15(4)13-8/h7,11H,5-6,10H2,1-4H3. The van der Waals surface area contributed by atoms with E-state index in [4.69, 9.17) is 5.84 Å². The molecule has 0 aromatic carbocycles. The zero-order valence-corrected chi connectivity index (χ0v) is 11.1. The minimum atomic E-state index is 0.174. The number of nitrogens with one attached hydrogen (secondary N) is 1. The second kappa shape index (κ2) is 5.60. The zero-order chi connectivity index (χ0) is 12.2. The molecule has 0 aliphatic rings. The average Bonchev–Trinajstić information content (AvgIpc) is 2.57. The first-order valence-corrected chi connectivity index (χ1v) is 6.22. The van der Waals surface area contributed by atoms with Gasteiger partial charge in [0.15, 0.2) is 5.82 Å². The van der Waals surface area contributed by atoms with Crippen molar-refractivity contribution in [1.29, 1.82) is 0 Å². The van der Waals surface area contributed by atoms with Crippen LogP contribution in [-0.2, 0) is 13.5 Å². The van der Waals surface area contributed by atoms with Crippen molar-refractivity contribution >= 4 is 11.8 Å². The van der Waals surface area contributed by atoms with Crippen molar-refractivity contribution in [3.63, 3.8) is 0 Å². The van der Waals surface area contributed by atoms with Crippen LogP contribution >= 0.6 is 11.8 Å². The van der Waals surface area contributed by atoms with Crippen LogP contribution in [0, 0.1) is 0 Å². The molecule has 3 N–H and O–H groups in total. The normalized spacial score (nSPS) is 14.1. The third-order valence-electron chi connectivity index (χ3n) is 1.93. The van der Waals surface area contributed by atoms with Gasteiger partial charge in [-0.25, -0.2) is 0 Å². The van der Waals surface area contributed by atoms with Crippen LogP contribution in [0.15, 0.2) is 0 Å². The van der Waals surface area contributed by atoms with Gasteiger partial charge in [-0.3, -0.25) is 11.3 Å². The van der Waals surface area contributed by atoms with Gasteiger partial charge in [0.1, 0.15) is 0 Å². The van der Waals surface area contributed by atoms with E-state index in [1.807, 2.05) is 11.8 Å². The van der Waals surface area contributed by atoms with Crippen LogP contribution in [0.2, 0.25) is 0 Å². The predicted molar refractivity (Wildman–Crippen MR) is 65.8 cm³/mol. The highest BCUT2D eigenvalue weighted by Crippen LogP contribution is 2.23. The SMILES string of the molecule is Cn1nnc(CC(CSC(C)(C)C)NN)n1. The minimum Gasteiger partial charge on any atom is -0.271 e. The Balaban J connectivity index is 2.43. The van der Waals surface area contributed by atoms with Gasteiger partial charge < -0.3 is 0 Å². The zero-order valence-electron chi connectivity index (χ0n) is 10.3. The molecule has 0 aliphatic carbocycles. The van der Waals surface area contributed by atoms with Crippen molar-refractivity contribution in [2.75, 3.05) is 5.75 Å². The minimum absolute atomic E-state index is 0.174. The molecule has 0 aliphatic heterocycles. The molecule has 0 amide bonds. The molecule has 0 fully saturated rings. The van der Waals surface area contributed by atoms with Gasteiger partial charge in [0.2, 0.25) is 0 Å². The van der Waals surface area contributed by atoms with E-state index in [1.165, 1.54) is 4.80 Å². The molecule has 1 rings (SSSR count). The lowest BCUT2D eigenvalue weighted by Crippen LogP contribution is -2.39. The molecular weight excluding hydrogens is 224 g/mol. The number of nitrogens with two attached hydrogens (primary N) is 1. The molecule has 0 bridgehead atoms. The second-order valence-corrected chi connectivity index (χ2v) is 6.53. The summed E-state index contributed by atoms with van der Waals surface area (Å²) in [6, 6.07) is 0.174. The molecule has 1 unspecified atom stereocenters. The van der Waals surface area contributed by atoms with Crippen molar-refractivity contribution in [2.24, 2.45) is 12.9 Å². The van der Waals surface area contributed by atoms with Gasteiger partial charge in [-0.05, 0) is 5.21 Å². The Morgan fingerprint density at radius 3 is 2.62 bits per heavy atom. The maximum absolute atomic E-state index is 5.51. The first kappa shape index (κ1) is 13.4. The summed E-state index contributed by atoms with van der Waals surface area (Å²) < 4.78 is 0.241. The van der Waals surface area contributed by atoms with Crippen LogP contribution in [0.4, 0.5) is 0 Å². The average molecular weight is 244 g/mol. The van der Waals surface area contributed by atoms with Crippen LogP contribution in [0.1, 0.15) is 26.6 Å². The predicted octanol–water partition coefficient (Wildman–Crippen LogP) is 0.116. The van der Waals surface area contributed by atoms with Crippen molar-refractivity contribution in [3.05, 3.63) is 5.82 Å². The van der Waals surface area contributed by atoms with Gasteiger partial charge in [-0.15, -0.1) is 10.2 Å². The molecule has 0 radical (unpaired) electrons. The molecule has 0 saturated carbocycles. The number of nitrogens with zero attached hydrogens (tertiary/aromatic N) is 4. The maximum Gasteiger partial charge on any atom is 0.176 e. The smallest absolute Gasteiger partial charge is 0.176 e. The van der Waals surface area contributed by atoms with E-state index in [9.17, 15) is 0 Å². The molecule has 1 atom stereocenters. The molecule has 1 aromatic rings. The fourth-order valence-corrected chi connectivity index (χ4v) is 2.06. The van der Waals surface area contributed by atoms with Crippen LogP contribution in [0.25, 0.3) is 0 Å². The molecule has 0 saturated heterocycles. The second-order valence-electron chi connectivity index (χ2n) is 4.69. The largest absolute Gasteiger partial charge is 0.271 e. The molecule has 1 heterocycles. The summed E-state index contributed by atoms with van der Waals surface area (Å²) in [4.78, 5) is 1.46. The van der Waals surface area contributed by atoms with Crippen molar-refractivity contribution in [1.82, 2.24) is 25.6 Å². The summed E-state index contributed by atoms with van der Waals surface area (Å²) in [7, 11) is 1.76. The van der Waals surface area contributed by atoms with Crippen molar-refractivity contribution in [3.8, 4) is 0 Å². The van der Waals surface area contributed by atoms with Crippen molar-refractivity contribution < 1.29 is 0 Å². The summed E-state index contributed by atoms with van der Waals surface area (Å²) in [5.41, 5.74) is 2.79. The Morgan fingerprint density at radius 2 is 2.19 bits per heavy atom. The molecule has 1 aromatic heterocycles. The Morgan fingerprint density at radius 1 is 1.50 bits per heavy atom. The molecule has 7 heteroatoms. The van der Waals surface area contributed by atoms with Gasteiger partial charge in [0, 0.05) is 23.0 Å². The summed E-state index contributed by atoms with van der Waals surface area (Å²) in [6.07, 6.45) is 0.702. The molecule has 0 spiro atoms. The number of hydrazine groups is 1. The van der Waals surface area contributed by atoms with E-state index in [-0.39, 0.29) is 10.8 Å². The first-order chi connectivity index (χ1) is 7.40. The molecular formula is C9H20N6S. The number of hydrogen-bond donors (Lipinski definition) is 2. The number of aryl methyl sites for hydroxylation is 1. The van der Waals surface area contributed by atoms with Gasteiger partial charge in [-0.1, -0.05) is 20.8 Å². The third kappa shape index (κ3) is 4.91. The molecule has 92 valence electrons. The highest BCUT2D eigenvalue weighted by atomic mass is 32.2. The summed E-state index contributed by atoms with van der Waals surface area (Å²) >= 11 is 1.87. The van der Waals surface area contributed by atoms with Gasteiger partial charge in [-0.2, -0.15) is 16.6 Å². The van der Waals surface area contributed by atoms with Crippen LogP contribution in [0.5, 0.6) is 0 Å². The molecule has 16 heavy (non-hydrogen) atoms. The lowest BCUT2D eigenvalue weighted by Gasteiger charge is -2.21. The topological polar surface area (TPSA) is 81.7 Å². The van der Waals surface area contributed by atoms with Gasteiger partial charge in [0.25, 0.3) is 0 Å². The van der Waals surface area contributed by atoms with Gasteiger partial charge in [0.05, 0.1) is 7.05 Å². The highest BCUT2D eigenvalue weighted by Gasteiger charge is 2.16. The van der Waals surface area contributed by atoms with Crippen LogP contribution in [-0.4, -0.2) is 36.7 Å². The van der Waals surface area contributed by atoms with E-state index >= 15 is 0 Å². The summed E-state index contributed by atoms with van der Waals surface area (Å²) in [6.45, 7) is 6.56. The lowest BCUT2D eigenvalue weighted by molar-refractivity contribution is 0.556. The number of hydrogen-bond acceptors (Lipinski definition) is 6. The summed E-state index contributed by atoms with van der Waals surface area (Å²) in [5.74, 6) is 7.16. The Labute approximate surface area is 100 Å². The third-order valence-corrected chi connectivity index (χ3v) is 3.37. The monoisotopic (exact) mass is 244 g/mol. The fraction of sp³-hybridized carbons (Fsp3) is 0.889. The number of aromatic nitrogens is 4. The van der Waals surface area contributed by atoms with E-state index in [0.717, 1.165) is 11.6 Å². The quantitative estimate of drug-likeness (QED) is 0.565. The maximum atomic E-state index is 5.51. The number of rotatable bonds is 5. The van der Waals surface area contributed by atoms with Gasteiger partial charge >= 0.3 is 0 Å². The Bertz CT molecular complexity index is 318. The Hall–Kier alpha value is -0.660. The van der Waals surface area contributed by atoms with E-state index in [1.54, 1.807) is 7.05 Å². The van der Waals surface area contributed by atoms with Crippen LogP contribution < -0.4 is 11.3 Å². The van der Waals surface area contributed by atoms with Crippen LogP contribution in [0.3, 0.4) is 0 Å². The van der Waals surface area contributed by atoms with E-state index < -0.39 is 0 Å². The fourth-order valence-electron chi connectivity index (χ4n) is 1.14. The summed E-state index contributed by atoms with van der Waals surface area (Å²) in [5, 5.41) is 11.9. The highest BCUT2D eigenvalue weighted by molar-refractivity contribution is 8.00. The number of thioether (sulfide) groups is 1. The first-order valence-electron chi connectivity index (χ1n) is 5.23. The van der Waals surface area contributed by atoms with E-state index in [2.05, 4.69) is 41.6 Å². The molecule has 6 nitrogen and oxygen atoms in total. The Kier molecular flexibility index (Phi) is 4.69. The number of tetrazole rings is 1. The van der Waals surface area contributed by atoms with Crippen molar-refractivity contribution in [2.45, 2.75) is 38.0 Å². The van der Waals surface area contributed by atoms with E-state index in [0.29, 0.717) is 6.42 Å². The lowest BCUT2D eigenvalue weighted by atomic mass is 10.2.